The van der Waals surface area contributed by atoms with Gasteiger partial charge in [-0.05, 0) is 19.1 Å². The van der Waals surface area contributed by atoms with Gasteiger partial charge in [0.15, 0.2) is 0 Å². The largest absolute Gasteiger partial charge is 0.315 e. The van der Waals surface area contributed by atoms with E-state index in [1.165, 1.54) is 31.8 Å². The molecule has 3 rings (SSSR count). The van der Waals surface area contributed by atoms with E-state index in [1.54, 1.807) is 12.1 Å². The SMILES string of the molecule is C1NCC2NCC12.Cc1ccc(S(=O)(=O)O)cc1. The van der Waals surface area contributed by atoms with Gasteiger partial charge in [0.25, 0.3) is 10.1 Å². The van der Waals surface area contributed by atoms with Crippen molar-refractivity contribution in [2.45, 2.75) is 17.9 Å². The summed E-state index contributed by atoms with van der Waals surface area (Å²) in [6, 6.07) is 6.82. The van der Waals surface area contributed by atoms with E-state index >= 15 is 0 Å². The van der Waals surface area contributed by atoms with Crippen molar-refractivity contribution >= 4 is 10.1 Å². The summed E-state index contributed by atoms with van der Waals surface area (Å²) >= 11 is 0. The van der Waals surface area contributed by atoms with Crippen LogP contribution in [0.25, 0.3) is 0 Å². The number of nitrogens with one attached hydrogen (secondary N) is 2. The molecule has 2 aliphatic heterocycles. The molecular formula is C12H18N2O3S. The van der Waals surface area contributed by atoms with E-state index in [2.05, 4.69) is 10.6 Å². The third kappa shape index (κ3) is 3.29. The van der Waals surface area contributed by atoms with E-state index in [0.29, 0.717) is 0 Å². The lowest BCUT2D eigenvalue weighted by Crippen LogP contribution is -2.51. The fourth-order valence-corrected chi connectivity index (χ4v) is 2.52. The number of hydrogen-bond donors (Lipinski definition) is 3. The average molecular weight is 270 g/mol. The molecule has 3 N–H and O–H groups in total. The normalized spacial score (nSPS) is 25.7. The third-order valence-corrected chi connectivity index (χ3v) is 4.17. The van der Waals surface area contributed by atoms with Gasteiger partial charge in [-0.2, -0.15) is 8.42 Å². The Labute approximate surface area is 107 Å². The van der Waals surface area contributed by atoms with E-state index in [1.807, 2.05) is 6.92 Å². The van der Waals surface area contributed by atoms with Gasteiger partial charge in [0.05, 0.1) is 4.90 Å². The van der Waals surface area contributed by atoms with Crippen molar-refractivity contribution in [1.29, 1.82) is 0 Å². The Kier molecular flexibility index (Phi) is 4.01. The second kappa shape index (κ2) is 5.36. The van der Waals surface area contributed by atoms with Crippen LogP contribution in [0.15, 0.2) is 29.2 Å². The van der Waals surface area contributed by atoms with Gasteiger partial charge in [-0.1, -0.05) is 17.7 Å². The number of hydrogen-bond acceptors (Lipinski definition) is 4. The summed E-state index contributed by atoms with van der Waals surface area (Å²) in [5.74, 6) is 0.972. The first-order valence-electron chi connectivity index (χ1n) is 5.95. The van der Waals surface area contributed by atoms with Gasteiger partial charge in [-0.15, -0.1) is 0 Å². The van der Waals surface area contributed by atoms with E-state index in [9.17, 15) is 8.42 Å². The number of benzene rings is 1. The highest BCUT2D eigenvalue weighted by atomic mass is 32.2. The van der Waals surface area contributed by atoms with Gasteiger partial charge in [-0.25, -0.2) is 0 Å². The molecule has 18 heavy (non-hydrogen) atoms. The van der Waals surface area contributed by atoms with E-state index in [-0.39, 0.29) is 4.90 Å². The van der Waals surface area contributed by atoms with Crippen LogP contribution in [-0.4, -0.2) is 38.6 Å². The highest BCUT2D eigenvalue weighted by Gasteiger charge is 2.33. The van der Waals surface area contributed by atoms with Crippen LogP contribution in [0, 0.1) is 12.8 Å². The Bertz CT molecular complexity index is 489. The van der Waals surface area contributed by atoms with Crippen molar-refractivity contribution in [2.24, 2.45) is 5.92 Å². The molecule has 0 spiro atoms. The minimum Gasteiger partial charge on any atom is -0.315 e. The zero-order valence-electron chi connectivity index (χ0n) is 10.3. The molecule has 2 heterocycles. The maximum atomic E-state index is 10.5. The molecule has 2 fully saturated rings. The summed E-state index contributed by atoms with van der Waals surface area (Å²) in [6.07, 6.45) is 0. The first-order chi connectivity index (χ1) is 8.47. The Balaban J connectivity index is 0.000000146. The monoisotopic (exact) mass is 270 g/mol. The molecule has 100 valence electrons. The molecule has 1 aromatic carbocycles. The van der Waals surface area contributed by atoms with E-state index < -0.39 is 10.1 Å². The Morgan fingerprint density at radius 1 is 1.17 bits per heavy atom. The number of aryl methyl sites for hydroxylation is 1. The summed E-state index contributed by atoms with van der Waals surface area (Å²) in [6.45, 7) is 5.54. The van der Waals surface area contributed by atoms with Crippen molar-refractivity contribution in [3.8, 4) is 0 Å². The van der Waals surface area contributed by atoms with Crippen molar-refractivity contribution < 1.29 is 13.0 Å². The van der Waals surface area contributed by atoms with Gasteiger partial charge >= 0.3 is 0 Å². The van der Waals surface area contributed by atoms with E-state index in [0.717, 1.165) is 17.5 Å². The van der Waals surface area contributed by atoms with Gasteiger partial charge in [-0.3, -0.25) is 4.55 Å². The van der Waals surface area contributed by atoms with Crippen molar-refractivity contribution in [1.82, 2.24) is 10.6 Å². The predicted octanol–water partition coefficient (Wildman–Crippen LogP) is 0.419. The molecule has 0 aliphatic carbocycles. The molecule has 2 atom stereocenters. The predicted molar refractivity (Wildman–Crippen MR) is 69.1 cm³/mol. The number of fused-ring (bicyclic) bond motifs is 1. The molecule has 0 aromatic heterocycles. The van der Waals surface area contributed by atoms with Crippen molar-refractivity contribution in [2.75, 3.05) is 19.6 Å². The van der Waals surface area contributed by atoms with Gasteiger partial charge in [0.1, 0.15) is 0 Å². The standard InChI is InChI=1S/C7H8O3S.C5H10N2/c1-6-2-4-7(5-3-6)11(8,9)10;1-4-2-7-5(4)3-6-1/h2-5H,1H3,(H,8,9,10);4-7H,1-3H2. The molecular weight excluding hydrogens is 252 g/mol. The van der Waals surface area contributed by atoms with Crippen LogP contribution in [0.2, 0.25) is 0 Å². The fourth-order valence-electron chi connectivity index (χ4n) is 2.04. The molecule has 2 aliphatic rings. The van der Waals surface area contributed by atoms with Crippen molar-refractivity contribution in [3.05, 3.63) is 29.8 Å². The van der Waals surface area contributed by atoms with Crippen LogP contribution in [-0.2, 0) is 10.1 Å². The van der Waals surface area contributed by atoms with Gasteiger partial charge < -0.3 is 10.6 Å². The maximum absolute atomic E-state index is 10.5. The Morgan fingerprint density at radius 3 is 2.17 bits per heavy atom. The summed E-state index contributed by atoms with van der Waals surface area (Å²) in [7, 11) is -4.02. The number of rotatable bonds is 1. The molecule has 2 saturated heterocycles. The van der Waals surface area contributed by atoms with Crippen LogP contribution in [0.1, 0.15) is 5.56 Å². The summed E-state index contributed by atoms with van der Waals surface area (Å²) in [5.41, 5.74) is 0.956. The molecule has 1 aromatic rings. The lowest BCUT2D eigenvalue weighted by atomic mass is 9.96. The van der Waals surface area contributed by atoms with Crippen LogP contribution >= 0.6 is 0 Å². The zero-order valence-corrected chi connectivity index (χ0v) is 11.1. The molecule has 2 unspecified atom stereocenters. The molecule has 0 amide bonds. The molecule has 6 heteroatoms. The highest BCUT2D eigenvalue weighted by Crippen LogP contribution is 2.15. The third-order valence-electron chi connectivity index (χ3n) is 3.30. The summed E-state index contributed by atoms with van der Waals surface area (Å²) < 4.78 is 29.6. The summed E-state index contributed by atoms with van der Waals surface area (Å²) in [5, 5.41) is 6.67. The van der Waals surface area contributed by atoms with Crippen molar-refractivity contribution in [3.63, 3.8) is 0 Å². The second-order valence-electron chi connectivity index (χ2n) is 4.72. The molecule has 0 radical (unpaired) electrons. The maximum Gasteiger partial charge on any atom is 0.294 e. The minimum absolute atomic E-state index is 0.0666. The van der Waals surface area contributed by atoms with Gasteiger partial charge in [0, 0.05) is 31.6 Å². The van der Waals surface area contributed by atoms with Crippen LogP contribution < -0.4 is 10.6 Å². The van der Waals surface area contributed by atoms with Crippen LogP contribution in [0.3, 0.4) is 0 Å². The van der Waals surface area contributed by atoms with Crippen LogP contribution in [0.5, 0.6) is 0 Å². The second-order valence-corrected chi connectivity index (χ2v) is 6.14. The fraction of sp³-hybridized carbons (Fsp3) is 0.500. The average Bonchev–Trinajstić information content (AvgIpc) is 2.58. The van der Waals surface area contributed by atoms with E-state index in [4.69, 9.17) is 4.55 Å². The van der Waals surface area contributed by atoms with Crippen LogP contribution in [0.4, 0.5) is 0 Å². The Hall–Kier alpha value is -0.950. The quantitative estimate of drug-likeness (QED) is 0.645. The molecule has 0 bridgehead atoms. The lowest BCUT2D eigenvalue weighted by molar-refractivity contribution is 0.297. The Morgan fingerprint density at radius 2 is 1.83 bits per heavy atom. The first-order valence-corrected chi connectivity index (χ1v) is 7.39. The molecule has 5 nitrogen and oxygen atoms in total. The topological polar surface area (TPSA) is 78.4 Å². The minimum atomic E-state index is -4.02. The van der Waals surface area contributed by atoms with Gasteiger partial charge in [0.2, 0.25) is 0 Å². The smallest absolute Gasteiger partial charge is 0.294 e. The summed E-state index contributed by atoms with van der Waals surface area (Å²) in [4.78, 5) is -0.0666. The lowest BCUT2D eigenvalue weighted by Gasteiger charge is -2.30. The molecule has 0 saturated carbocycles. The first kappa shape index (κ1) is 13.5. The highest BCUT2D eigenvalue weighted by molar-refractivity contribution is 7.85. The zero-order chi connectivity index (χ0) is 13.2.